The third-order valence-corrected chi connectivity index (χ3v) is 5.31. The quantitative estimate of drug-likeness (QED) is 0.246. The molecule has 0 N–H and O–H groups in total. The summed E-state index contributed by atoms with van der Waals surface area (Å²) in [6.45, 7) is -0.362. The van der Waals surface area contributed by atoms with Crippen LogP contribution in [-0.4, -0.2) is 23.3 Å². The topological polar surface area (TPSA) is 56.3 Å². The van der Waals surface area contributed by atoms with E-state index < -0.39 is 5.97 Å². The van der Waals surface area contributed by atoms with Crippen LogP contribution in [0.4, 0.5) is 0 Å². The van der Waals surface area contributed by atoms with E-state index in [9.17, 15) is 9.59 Å². The summed E-state index contributed by atoms with van der Waals surface area (Å²) in [5.41, 5.74) is 2.98. The standard InChI is InChI=1S/C24H15BrClNO3/c25-17-8-11-21-19(12-17)20(13-22(27-21)15-4-2-1-3-5-15)24(29)30-14-23(28)16-6-9-18(26)10-7-16/h1-13H,14H2. The molecule has 0 aliphatic heterocycles. The largest absolute Gasteiger partial charge is 0.454 e. The Labute approximate surface area is 186 Å². The third-order valence-electron chi connectivity index (χ3n) is 4.56. The Morgan fingerprint density at radius 2 is 1.67 bits per heavy atom. The van der Waals surface area contributed by atoms with Crippen LogP contribution in [0.2, 0.25) is 5.02 Å². The van der Waals surface area contributed by atoms with E-state index in [0.717, 1.165) is 10.0 Å². The molecule has 6 heteroatoms. The number of esters is 1. The molecule has 4 rings (SSSR count). The van der Waals surface area contributed by atoms with Crippen LogP contribution in [0.3, 0.4) is 0 Å². The van der Waals surface area contributed by atoms with E-state index >= 15 is 0 Å². The van der Waals surface area contributed by atoms with Gasteiger partial charge in [-0.3, -0.25) is 4.79 Å². The van der Waals surface area contributed by atoms with Gasteiger partial charge in [-0.25, -0.2) is 9.78 Å². The van der Waals surface area contributed by atoms with Gasteiger partial charge in [-0.1, -0.05) is 57.9 Å². The van der Waals surface area contributed by atoms with Gasteiger partial charge in [0.1, 0.15) is 0 Å². The highest BCUT2D eigenvalue weighted by atomic mass is 79.9. The second-order valence-corrected chi connectivity index (χ2v) is 7.94. The van der Waals surface area contributed by atoms with Gasteiger partial charge in [-0.05, 0) is 48.5 Å². The molecular formula is C24H15BrClNO3. The predicted octanol–water partition coefficient (Wildman–Crippen LogP) is 6.36. The van der Waals surface area contributed by atoms with Crippen molar-refractivity contribution >= 4 is 50.2 Å². The second kappa shape index (κ2) is 8.78. The van der Waals surface area contributed by atoms with Crippen molar-refractivity contribution in [3.8, 4) is 11.3 Å². The zero-order valence-corrected chi connectivity index (χ0v) is 18.0. The Morgan fingerprint density at radius 1 is 0.933 bits per heavy atom. The van der Waals surface area contributed by atoms with E-state index in [1.54, 1.807) is 30.3 Å². The Morgan fingerprint density at radius 3 is 2.40 bits per heavy atom. The van der Waals surface area contributed by atoms with Crippen molar-refractivity contribution in [2.45, 2.75) is 0 Å². The molecule has 1 aromatic heterocycles. The number of nitrogens with zero attached hydrogens (tertiary/aromatic N) is 1. The number of halogens is 2. The number of hydrogen-bond acceptors (Lipinski definition) is 4. The number of pyridine rings is 1. The number of ether oxygens (including phenoxy) is 1. The van der Waals surface area contributed by atoms with E-state index in [1.165, 1.54) is 0 Å². The fourth-order valence-corrected chi connectivity index (χ4v) is 3.54. The maximum atomic E-state index is 12.9. The van der Waals surface area contributed by atoms with Crippen LogP contribution >= 0.6 is 27.5 Å². The SMILES string of the molecule is O=C(COC(=O)c1cc(-c2ccccc2)nc2ccc(Br)cc12)c1ccc(Cl)cc1. The Bertz CT molecular complexity index is 1240. The predicted molar refractivity (Wildman–Crippen MR) is 121 cm³/mol. The van der Waals surface area contributed by atoms with Gasteiger partial charge in [0.25, 0.3) is 0 Å². The molecule has 4 aromatic rings. The van der Waals surface area contributed by atoms with Crippen LogP contribution < -0.4 is 0 Å². The Balaban J connectivity index is 1.66. The zero-order valence-electron chi connectivity index (χ0n) is 15.6. The summed E-state index contributed by atoms with van der Waals surface area (Å²) >= 11 is 9.28. The molecule has 0 spiro atoms. The first-order chi connectivity index (χ1) is 14.5. The number of benzene rings is 3. The normalized spacial score (nSPS) is 10.7. The lowest BCUT2D eigenvalue weighted by Crippen LogP contribution is -2.15. The summed E-state index contributed by atoms with van der Waals surface area (Å²) < 4.78 is 6.16. The van der Waals surface area contributed by atoms with Gasteiger partial charge in [0.05, 0.1) is 16.8 Å². The van der Waals surface area contributed by atoms with Crippen molar-refractivity contribution in [2.75, 3.05) is 6.61 Å². The number of carbonyl (C=O) groups excluding carboxylic acids is 2. The highest BCUT2D eigenvalue weighted by Gasteiger charge is 2.17. The van der Waals surface area contributed by atoms with Crippen molar-refractivity contribution in [2.24, 2.45) is 0 Å². The van der Waals surface area contributed by atoms with Crippen LogP contribution in [0.1, 0.15) is 20.7 Å². The minimum atomic E-state index is -0.583. The summed E-state index contributed by atoms with van der Waals surface area (Å²) in [4.78, 5) is 29.9. The molecule has 0 aliphatic carbocycles. The molecule has 0 saturated heterocycles. The molecule has 0 saturated carbocycles. The van der Waals surface area contributed by atoms with Crippen molar-refractivity contribution in [1.82, 2.24) is 4.98 Å². The van der Waals surface area contributed by atoms with Gasteiger partial charge in [-0.2, -0.15) is 0 Å². The molecule has 4 nitrogen and oxygen atoms in total. The van der Waals surface area contributed by atoms with E-state index in [2.05, 4.69) is 20.9 Å². The summed E-state index contributed by atoms with van der Waals surface area (Å²) in [6.07, 6.45) is 0. The molecule has 3 aromatic carbocycles. The van der Waals surface area contributed by atoms with Crippen LogP contribution in [-0.2, 0) is 4.74 Å². The van der Waals surface area contributed by atoms with Gasteiger partial charge in [0.2, 0.25) is 0 Å². The average molecular weight is 481 g/mol. The molecule has 0 amide bonds. The van der Waals surface area contributed by atoms with Crippen LogP contribution in [0.5, 0.6) is 0 Å². The number of ketones is 1. The van der Waals surface area contributed by atoms with Crippen molar-refractivity contribution in [3.05, 3.63) is 99.5 Å². The van der Waals surface area contributed by atoms with E-state index in [1.807, 2.05) is 48.5 Å². The molecule has 0 radical (unpaired) electrons. The average Bonchev–Trinajstić information content (AvgIpc) is 2.77. The van der Waals surface area contributed by atoms with Crippen LogP contribution in [0.25, 0.3) is 22.2 Å². The maximum absolute atomic E-state index is 12.9. The van der Waals surface area contributed by atoms with E-state index in [0.29, 0.717) is 32.7 Å². The summed E-state index contributed by atoms with van der Waals surface area (Å²) in [5, 5.41) is 1.18. The molecule has 0 atom stereocenters. The molecule has 0 fully saturated rings. The lowest BCUT2D eigenvalue weighted by atomic mass is 10.0. The number of rotatable bonds is 5. The van der Waals surface area contributed by atoms with Gasteiger partial charge < -0.3 is 4.74 Å². The maximum Gasteiger partial charge on any atom is 0.339 e. The third kappa shape index (κ3) is 4.42. The molecule has 148 valence electrons. The second-order valence-electron chi connectivity index (χ2n) is 6.59. The van der Waals surface area contributed by atoms with Gasteiger partial charge in [0.15, 0.2) is 12.4 Å². The Hall–Kier alpha value is -3.02. The van der Waals surface area contributed by atoms with Crippen molar-refractivity contribution in [1.29, 1.82) is 0 Å². The van der Waals surface area contributed by atoms with Gasteiger partial charge in [0, 0.05) is 26.0 Å². The number of carbonyl (C=O) groups is 2. The number of hydrogen-bond donors (Lipinski definition) is 0. The first-order valence-corrected chi connectivity index (χ1v) is 10.3. The van der Waals surface area contributed by atoms with Crippen molar-refractivity contribution in [3.63, 3.8) is 0 Å². The summed E-state index contributed by atoms with van der Waals surface area (Å²) in [7, 11) is 0. The lowest BCUT2D eigenvalue weighted by molar-refractivity contribution is 0.0476. The van der Waals surface area contributed by atoms with Crippen LogP contribution in [0, 0.1) is 0 Å². The minimum absolute atomic E-state index is 0.303. The van der Waals surface area contributed by atoms with Gasteiger partial charge >= 0.3 is 5.97 Å². The molecule has 0 bridgehead atoms. The fraction of sp³-hybridized carbons (Fsp3) is 0.0417. The molecule has 30 heavy (non-hydrogen) atoms. The van der Waals surface area contributed by atoms with Crippen LogP contribution in [0.15, 0.2) is 83.3 Å². The first-order valence-electron chi connectivity index (χ1n) is 9.13. The summed E-state index contributed by atoms with van der Waals surface area (Å²) in [5.74, 6) is -0.886. The smallest absolute Gasteiger partial charge is 0.339 e. The first kappa shape index (κ1) is 20.3. The number of aromatic nitrogens is 1. The fourth-order valence-electron chi connectivity index (χ4n) is 3.05. The minimum Gasteiger partial charge on any atom is -0.454 e. The summed E-state index contributed by atoms with van der Waals surface area (Å²) in [6, 6.07) is 23.2. The van der Waals surface area contributed by atoms with E-state index in [-0.39, 0.29) is 12.4 Å². The highest BCUT2D eigenvalue weighted by Crippen LogP contribution is 2.27. The van der Waals surface area contributed by atoms with Crippen molar-refractivity contribution < 1.29 is 14.3 Å². The Kier molecular flexibility index (Phi) is 5.93. The number of Topliss-reactive ketones (excluding diaryl/α,β-unsaturated/α-hetero) is 1. The molecule has 0 aliphatic rings. The molecular weight excluding hydrogens is 466 g/mol. The number of fused-ring (bicyclic) bond motifs is 1. The lowest BCUT2D eigenvalue weighted by Gasteiger charge is -2.10. The zero-order chi connectivity index (χ0) is 21.1. The monoisotopic (exact) mass is 479 g/mol. The van der Waals surface area contributed by atoms with E-state index in [4.69, 9.17) is 16.3 Å². The van der Waals surface area contributed by atoms with Gasteiger partial charge in [-0.15, -0.1) is 0 Å². The molecule has 0 unspecified atom stereocenters. The highest BCUT2D eigenvalue weighted by molar-refractivity contribution is 9.10. The molecule has 1 heterocycles.